The zero-order chi connectivity index (χ0) is 35.9. The van der Waals surface area contributed by atoms with Crippen molar-refractivity contribution >= 4 is 18.0 Å². The lowest BCUT2D eigenvalue weighted by molar-refractivity contribution is 0.237. The molecule has 4 amide bonds. The normalized spacial score (nSPS) is 12.0. The number of urea groups is 2. The molecule has 2 atom stereocenters. The van der Waals surface area contributed by atoms with Crippen molar-refractivity contribution in [1.29, 1.82) is 0 Å². The van der Waals surface area contributed by atoms with Gasteiger partial charge < -0.3 is 31.9 Å². The van der Waals surface area contributed by atoms with E-state index >= 15 is 0 Å². The molecule has 0 saturated heterocycles. The smallest absolute Gasteiger partial charge is 0.315 e. The summed E-state index contributed by atoms with van der Waals surface area (Å²) in [4.78, 5) is 29.6. The fourth-order valence-corrected chi connectivity index (χ4v) is 5.88. The molecule has 50 heavy (non-hydrogen) atoms. The minimum absolute atomic E-state index is 0.0805. The third-order valence-electron chi connectivity index (χ3n) is 8.98. The standard InChI is InChI=1S/C41H69N7O2/c1-4-5-6-7-8-9-10-11-12-13-14-15-16-17-18-25-30-42-39(43-31-33-45-40(49)47-35(2)37-26-21-19-22-27-37)44-32-34-46-41(50)48-36(3)38-28-23-20-24-29-38/h19-24,26-29,35-36H,4-18,25,30-34H2,1-3H3,(H2,42,43,44)(H2,45,47,49)(H2,46,48,50)/t35-,36-/m0/s1. The lowest BCUT2D eigenvalue weighted by Gasteiger charge is -2.17. The quantitative estimate of drug-likeness (QED) is 0.0319. The fourth-order valence-electron chi connectivity index (χ4n) is 5.88. The van der Waals surface area contributed by atoms with Crippen LogP contribution in [0.15, 0.2) is 65.7 Å². The Morgan fingerprint density at radius 2 is 0.840 bits per heavy atom. The summed E-state index contributed by atoms with van der Waals surface area (Å²) < 4.78 is 0. The molecule has 6 N–H and O–H groups in total. The topological polar surface area (TPSA) is 119 Å². The number of guanidine groups is 1. The average Bonchev–Trinajstić information content (AvgIpc) is 3.13. The SMILES string of the molecule is CCCCCCCCCCCCCCCCCCN=C(NCCNC(=O)N[C@@H](C)c1ccccc1)NCCNC(=O)N[C@@H](C)c1ccccc1. The Morgan fingerprint density at radius 3 is 1.22 bits per heavy atom. The van der Waals surface area contributed by atoms with Gasteiger partial charge in [0.25, 0.3) is 0 Å². The summed E-state index contributed by atoms with van der Waals surface area (Å²) in [5.41, 5.74) is 2.12. The van der Waals surface area contributed by atoms with Gasteiger partial charge in [0, 0.05) is 32.7 Å². The van der Waals surface area contributed by atoms with Crippen LogP contribution < -0.4 is 31.9 Å². The van der Waals surface area contributed by atoms with E-state index in [1.54, 1.807) is 0 Å². The highest BCUT2D eigenvalue weighted by Gasteiger charge is 2.10. The van der Waals surface area contributed by atoms with Crippen molar-refractivity contribution in [3.63, 3.8) is 0 Å². The molecule has 2 rings (SSSR count). The van der Waals surface area contributed by atoms with Crippen LogP contribution in [0.2, 0.25) is 0 Å². The van der Waals surface area contributed by atoms with E-state index in [1.165, 1.54) is 96.3 Å². The molecular weight excluding hydrogens is 622 g/mol. The first-order valence-corrected chi connectivity index (χ1v) is 19.7. The van der Waals surface area contributed by atoms with Gasteiger partial charge in [-0.1, -0.05) is 164 Å². The lowest BCUT2D eigenvalue weighted by atomic mass is 10.0. The minimum Gasteiger partial charge on any atom is -0.355 e. The number of rotatable bonds is 27. The van der Waals surface area contributed by atoms with Crippen molar-refractivity contribution in [2.45, 2.75) is 136 Å². The van der Waals surface area contributed by atoms with Crippen molar-refractivity contribution in [3.05, 3.63) is 71.8 Å². The minimum atomic E-state index is -0.206. The third kappa shape index (κ3) is 22.1. The summed E-state index contributed by atoms with van der Waals surface area (Å²) in [7, 11) is 0. The molecule has 0 aliphatic rings. The van der Waals surface area contributed by atoms with Crippen molar-refractivity contribution < 1.29 is 9.59 Å². The second kappa shape index (κ2) is 29.0. The number of carbonyl (C=O) groups is 2. The van der Waals surface area contributed by atoms with Crippen LogP contribution in [0.5, 0.6) is 0 Å². The molecule has 2 aromatic rings. The summed E-state index contributed by atoms with van der Waals surface area (Å²) in [6.45, 7) is 8.91. The van der Waals surface area contributed by atoms with Crippen LogP contribution >= 0.6 is 0 Å². The van der Waals surface area contributed by atoms with Gasteiger partial charge in [0.05, 0.1) is 12.1 Å². The molecule has 280 valence electrons. The molecule has 0 bridgehead atoms. The molecule has 0 unspecified atom stereocenters. The fraction of sp³-hybridized carbons (Fsp3) is 0.634. The molecule has 9 heteroatoms. The molecule has 0 fully saturated rings. The maximum absolute atomic E-state index is 12.4. The van der Waals surface area contributed by atoms with Crippen molar-refractivity contribution in [3.8, 4) is 0 Å². The Bertz CT molecular complexity index is 1080. The van der Waals surface area contributed by atoms with Gasteiger partial charge in [-0.2, -0.15) is 0 Å². The highest BCUT2D eigenvalue weighted by molar-refractivity contribution is 5.80. The van der Waals surface area contributed by atoms with Crippen LogP contribution in [-0.2, 0) is 0 Å². The monoisotopic (exact) mass is 692 g/mol. The van der Waals surface area contributed by atoms with Crippen LogP contribution in [0.3, 0.4) is 0 Å². The molecule has 0 aliphatic heterocycles. The average molecular weight is 692 g/mol. The first-order valence-electron chi connectivity index (χ1n) is 19.7. The van der Waals surface area contributed by atoms with E-state index in [2.05, 4.69) is 38.8 Å². The molecule has 0 heterocycles. The summed E-state index contributed by atoms with van der Waals surface area (Å²) in [6, 6.07) is 19.2. The van der Waals surface area contributed by atoms with Gasteiger partial charge in [-0.05, 0) is 31.4 Å². The number of aliphatic imine (C=N–C) groups is 1. The number of benzene rings is 2. The van der Waals surface area contributed by atoms with E-state index in [4.69, 9.17) is 4.99 Å². The van der Waals surface area contributed by atoms with Crippen LogP contribution in [0.25, 0.3) is 0 Å². The van der Waals surface area contributed by atoms with Gasteiger partial charge in [-0.3, -0.25) is 4.99 Å². The van der Waals surface area contributed by atoms with Crippen molar-refractivity contribution in [2.24, 2.45) is 4.99 Å². The second-order valence-electron chi connectivity index (χ2n) is 13.5. The maximum atomic E-state index is 12.4. The number of amides is 4. The first kappa shape index (κ1) is 42.4. The Morgan fingerprint density at radius 1 is 0.500 bits per heavy atom. The van der Waals surface area contributed by atoms with Crippen LogP contribution in [0.1, 0.15) is 147 Å². The third-order valence-corrected chi connectivity index (χ3v) is 8.98. The van der Waals surface area contributed by atoms with E-state index in [0.29, 0.717) is 32.1 Å². The lowest BCUT2D eigenvalue weighted by Crippen LogP contribution is -2.46. The highest BCUT2D eigenvalue weighted by atomic mass is 16.2. The van der Waals surface area contributed by atoms with Crippen LogP contribution in [0, 0.1) is 0 Å². The maximum Gasteiger partial charge on any atom is 0.315 e. The van der Waals surface area contributed by atoms with E-state index < -0.39 is 0 Å². The van der Waals surface area contributed by atoms with Gasteiger partial charge >= 0.3 is 12.1 Å². The summed E-state index contributed by atoms with van der Waals surface area (Å²) in [5.74, 6) is 0.686. The molecule has 0 spiro atoms. The molecule has 0 aliphatic carbocycles. The number of hydrogen-bond acceptors (Lipinski definition) is 3. The Hall–Kier alpha value is -3.75. The number of carbonyl (C=O) groups excluding carboxylic acids is 2. The van der Waals surface area contributed by atoms with Gasteiger partial charge in [-0.25, -0.2) is 9.59 Å². The van der Waals surface area contributed by atoms with Gasteiger partial charge in [0.2, 0.25) is 0 Å². The van der Waals surface area contributed by atoms with E-state index in [-0.39, 0.29) is 24.1 Å². The van der Waals surface area contributed by atoms with Gasteiger partial charge in [-0.15, -0.1) is 0 Å². The predicted octanol–water partition coefficient (Wildman–Crippen LogP) is 8.90. The molecule has 0 aromatic heterocycles. The number of unbranched alkanes of at least 4 members (excludes halogenated alkanes) is 15. The Labute approximate surface area is 304 Å². The summed E-state index contributed by atoms with van der Waals surface area (Å²) >= 11 is 0. The number of nitrogens with one attached hydrogen (secondary N) is 6. The van der Waals surface area contributed by atoms with E-state index in [9.17, 15) is 9.59 Å². The Kier molecular flexibility index (Phi) is 24.6. The van der Waals surface area contributed by atoms with Crippen LogP contribution in [0.4, 0.5) is 9.59 Å². The van der Waals surface area contributed by atoms with E-state index in [0.717, 1.165) is 24.1 Å². The molecule has 0 radical (unpaired) electrons. The molecule has 2 aromatic carbocycles. The summed E-state index contributed by atoms with van der Waals surface area (Å²) in [5, 5.41) is 18.4. The molecule has 9 nitrogen and oxygen atoms in total. The van der Waals surface area contributed by atoms with Crippen molar-refractivity contribution in [2.75, 3.05) is 32.7 Å². The number of hydrogen-bond donors (Lipinski definition) is 6. The zero-order valence-electron chi connectivity index (χ0n) is 31.5. The second-order valence-corrected chi connectivity index (χ2v) is 13.5. The van der Waals surface area contributed by atoms with Gasteiger partial charge in [0.1, 0.15) is 0 Å². The number of nitrogens with zero attached hydrogens (tertiary/aromatic N) is 1. The van der Waals surface area contributed by atoms with Gasteiger partial charge in [0.15, 0.2) is 5.96 Å². The zero-order valence-corrected chi connectivity index (χ0v) is 31.5. The Balaban J connectivity index is 1.63. The highest BCUT2D eigenvalue weighted by Crippen LogP contribution is 2.14. The van der Waals surface area contributed by atoms with E-state index in [1.807, 2.05) is 74.5 Å². The predicted molar refractivity (Wildman–Crippen MR) is 211 cm³/mol. The molecular formula is C41H69N7O2. The van der Waals surface area contributed by atoms with Crippen molar-refractivity contribution in [1.82, 2.24) is 31.9 Å². The summed E-state index contributed by atoms with van der Waals surface area (Å²) in [6.07, 6.45) is 21.5. The largest absolute Gasteiger partial charge is 0.355 e. The molecule has 0 saturated carbocycles. The van der Waals surface area contributed by atoms with Crippen LogP contribution in [-0.4, -0.2) is 50.7 Å². The first-order chi connectivity index (χ1) is 24.5.